The number of aromatic nitrogens is 2. The average molecular weight is 499 g/mol. The molecule has 0 aliphatic heterocycles. The van der Waals surface area contributed by atoms with Crippen molar-refractivity contribution >= 4 is 5.84 Å². The Morgan fingerprint density at radius 1 is 0.667 bits per heavy atom. The number of aliphatic imine (C=N–C) groups is 1. The predicted molar refractivity (Wildman–Crippen MR) is 144 cm³/mol. The first-order chi connectivity index (χ1) is 17.6. The van der Waals surface area contributed by atoms with E-state index < -0.39 is 0 Å². The van der Waals surface area contributed by atoms with Crippen LogP contribution < -0.4 is 16.6 Å². The standard InChI is InChI=1S/C29H46N4O3/c34-27-25(26(30-21-13-5-1-6-14-21)31-22-15-7-2-8-16-22)28(35)33(24-19-11-4-12-20-24)29(36)32(27)23-17-9-3-10-18-23/h21-24,34H,1-20H2,(H,30,31). The highest BCUT2D eigenvalue weighted by molar-refractivity contribution is 6.00. The molecule has 2 N–H and O–H groups in total. The van der Waals surface area contributed by atoms with Crippen LogP contribution in [-0.2, 0) is 0 Å². The monoisotopic (exact) mass is 498 g/mol. The molecule has 0 radical (unpaired) electrons. The third-order valence-corrected chi connectivity index (χ3v) is 9.25. The molecule has 7 heteroatoms. The molecule has 0 bridgehead atoms. The van der Waals surface area contributed by atoms with Crippen molar-refractivity contribution < 1.29 is 5.11 Å². The topological polar surface area (TPSA) is 88.6 Å². The third-order valence-electron chi connectivity index (χ3n) is 9.25. The van der Waals surface area contributed by atoms with Crippen LogP contribution >= 0.6 is 0 Å². The molecule has 4 aliphatic carbocycles. The zero-order chi connectivity index (χ0) is 24.9. The van der Waals surface area contributed by atoms with Gasteiger partial charge in [0.1, 0.15) is 11.4 Å². The van der Waals surface area contributed by atoms with Gasteiger partial charge in [-0.15, -0.1) is 0 Å². The van der Waals surface area contributed by atoms with E-state index in [-0.39, 0.29) is 46.9 Å². The fourth-order valence-corrected chi connectivity index (χ4v) is 7.17. The van der Waals surface area contributed by atoms with Crippen LogP contribution in [0.3, 0.4) is 0 Å². The van der Waals surface area contributed by atoms with Crippen LogP contribution in [0.2, 0.25) is 0 Å². The van der Waals surface area contributed by atoms with Crippen LogP contribution in [0.25, 0.3) is 0 Å². The Morgan fingerprint density at radius 3 is 1.69 bits per heavy atom. The molecule has 0 amide bonds. The molecule has 36 heavy (non-hydrogen) atoms. The number of rotatable bonds is 5. The molecule has 5 rings (SSSR count). The molecule has 0 saturated heterocycles. The fraction of sp³-hybridized carbons (Fsp3) is 0.828. The summed E-state index contributed by atoms with van der Waals surface area (Å²) >= 11 is 0. The van der Waals surface area contributed by atoms with Gasteiger partial charge in [-0.2, -0.15) is 0 Å². The number of nitrogens with zero attached hydrogens (tertiary/aromatic N) is 3. The van der Waals surface area contributed by atoms with E-state index in [4.69, 9.17) is 4.99 Å². The fourth-order valence-electron chi connectivity index (χ4n) is 7.17. The number of nitrogens with one attached hydrogen (secondary N) is 1. The molecule has 4 saturated carbocycles. The summed E-state index contributed by atoms with van der Waals surface area (Å²) in [6.07, 6.45) is 21.3. The van der Waals surface area contributed by atoms with Crippen molar-refractivity contribution in [3.8, 4) is 5.88 Å². The lowest BCUT2D eigenvalue weighted by Crippen LogP contribution is -2.49. The minimum Gasteiger partial charge on any atom is -0.494 e. The highest BCUT2D eigenvalue weighted by atomic mass is 16.3. The van der Waals surface area contributed by atoms with Crippen molar-refractivity contribution in [2.45, 2.75) is 153 Å². The van der Waals surface area contributed by atoms with E-state index >= 15 is 0 Å². The van der Waals surface area contributed by atoms with E-state index in [1.807, 2.05) is 0 Å². The summed E-state index contributed by atoms with van der Waals surface area (Å²) in [6.45, 7) is 0. The van der Waals surface area contributed by atoms with Gasteiger partial charge in [-0.05, 0) is 51.4 Å². The lowest BCUT2D eigenvalue weighted by molar-refractivity contribution is 0.270. The van der Waals surface area contributed by atoms with Gasteiger partial charge in [0.2, 0.25) is 5.88 Å². The van der Waals surface area contributed by atoms with E-state index in [1.54, 1.807) is 4.57 Å². The Morgan fingerprint density at radius 2 is 1.14 bits per heavy atom. The molecule has 0 spiro atoms. The Balaban J connectivity index is 1.64. The van der Waals surface area contributed by atoms with Crippen LogP contribution in [0.15, 0.2) is 14.6 Å². The smallest absolute Gasteiger partial charge is 0.334 e. The minimum atomic E-state index is -0.339. The van der Waals surface area contributed by atoms with Gasteiger partial charge < -0.3 is 10.4 Å². The molecule has 0 unspecified atom stereocenters. The van der Waals surface area contributed by atoms with Gasteiger partial charge >= 0.3 is 5.69 Å². The van der Waals surface area contributed by atoms with Gasteiger partial charge in [-0.3, -0.25) is 18.9 Å². The molecule has 4 aliphatic rings. The molecule has 4 fully saturated rings. The first-order valence-corrected chi connectivity index (χ1v) is 15.1. The molecular weight excluding hydrogens is 452 g/mol. The summed E-state index contributed by atoms with van der Waals surface area (Å²) in [5.41, 5.74) is -0.397. The normalized spacial score (nSPS) is 24.2. The molecule has 1 heterocycles. The summed E-state index contributed by atoms with van der Waals surface area (Å²) < 4.78 is 3.10. The average Bonchev–Trinajstić information content (AvgIpc) is 2.91. The highest BCUT2D eigenvalue weighted by Gasteiger charge is 2.32. The first-order valence-electron chi connectivity index (χ1n) is 15.1. The van der Waals surface area contributed by atoms with Crippen molar-refractivity contribution in [3.05, 3.63) is 26.4 Å². The molecule has 0 aromatic carbocycles. The summed E-state index contributed by atoms with van der Waals surface area (Å²) in [6, 6.07) is 0.296. The van der Waals surface area contributed by atoms with Crippen LogP contribution in [0.5, 0.6) is 5.88 Å². The van der Waals surface area contributed by atoms with E-state index in [2.05, 4.69) is 5.32 Å². The first kappa shape index (κ1) is 25.6. The molecule has 1 aromatic rings. The molecule has 7 nitrogen and oxygen atoms in total. The molecule has 200 valence electrons. The van der Waals surface area contributed by atoms with Crippen LogP contribution in [0.1, 0.15) is 146 Å². The SMILES string of the molecule is O=c1c(C(=NC2CCCCC2)NC2CCCCC2)c(O)n(C2CCCCC2)c(=O)n1C1CCCCC1. The quantitative estimate of drug-likeness (QED) is 0.401. The maximum Gasteiger partial charge on any atom is 0.334 e. The summed E-state index contributed by atoms with van der Waals surface area (Å²) in [5, 5.41) is 15.3. The molecule has 0 atom stereocenters. The second kappa shape index (κ2) is 12.0. The van der Waals surface area contributed by atoms with Crippen molar-refractivity contribution in [2.24, 2.45) is 4.99 Å². The second-order valence-electron chi connectivity index (χ2n) is 11.9. The maximum atomic E-state index is 14.1. The van der Waals surface area contributed by atoms with Gasteiger partial charge in [0.15, 0.2) is 0 Å². The highest BCUT2D eigenvalue weighted by Crippen LogP contribution is 2.32. The molecule has 1 aromatic heterocycles. The van der Waals surface area contributed by atoms with Gasteiger partial charge in [0.25, 0.3) is 5.56 Å². The van der Waals surface area contributed by atoms with Crippen molar-refractivity contribution in [3.63, 3.8) is 0 Å². The van der Waals surface area contributed by atoms with E-state index in [0.29, 0.717) is 5.84 Å². The van der Waals surface area contributed by atoms with E-state index in [0.717, 1.165) is 96.3 Å². The second-order valence-corrected chi connectivity index (χ2v) is 11.9. The van der Waals surface area contributed by atoms with Crippen molar-refractivity contribution in [2.75, 3.05) is 0 Å². The van der Waals surface area contributed by atoms with Gasteiger partial charge in [-0.25, -0.2) is 4.79 Å². The van der Waals surface area contributed by atoms with Gasteiger partial charge in [0, 0.05) is 18.1 Å². The summed E-state index contributed by atoms with van der Waals surface area (Å²) in [7, 11) is 0. The van der Waals surface area contributed by atoms with E-state index in [1.165, 1.54) is 36.7 Å². The Bertz CT molecular complexity index is 1020. The molecular formula is C29H46N4O3. The van der Waals surface area contributed by atoms with Crippen molar-refractivity contribution in [1.82, 2.24) is 14.5 Å². The largest absolute Gasteiger partial charge is 0.494 e. The number of hydrogen-bond donors (Lipinski definition) is 2. The maximum absolute atomic E-state index is 14.1. The third kappa shape index (κ3) is 5.60. The van der Waals surface area contributed by atoms with Crippen LogP contribution in [-0.4, -0.2) is 32.2 Å². The number of hydrogen-bond acceptors (Lipinski definition) is 4. The van der Waals surface area contributed by atoms with Crippen LogP contribution in [0.4, 0.5) is 0 Å². The minimum absolute atomic E-state index is 0.0500. The lowest BCUT2D eigenvalue weighted by Gasteiger charge is -2.31. The number of aromatic hydroxyl groups is 1. The Labute approximate surface area is 215 Å². The van der Waals surface area contributed by atoms with E-state index in [9.17, 15) is 14.7 Å². The van der Waals surface area contributed by atoms with Gasteiger partial charge in [-0.1, -0.05) is 77.0 Å². The number of amidine groups is 1. The van der Waals surface area contributed by atoms with Gasteiger partial charge in [0.05, 0.1) is 6.04 Å². The van der Waals surface area contributed by atoms with Crippen LogP contribution in [0, 0.1) is 0 Å². The zero-order valence-electron chi connectivity index (χ0n) is 22.1. The zero-order valence-corrected chi connectivity index (χ0v) is 22.1. The van der Waals surface area contributed by atoms with Crippen molar-refractivity contribution in [1.29, 1.82) is 0 Å². The predicted octanol–water partition coefficient (Wildman–Crippen LogP) is 5.73. The Kier molecular flexibility index (Phi) is 8.53. The summed E-state index contributed by atoms with van der Waals surface area (Å²) in [5.74, 6) is 0.396. The Hall–Kier alpha value is -2.05. The lowest BCUT2D eigenvalue weighted by atomic mass is 9.93. The summed E-state index contributed by atoms with van der Waals surface area (Å²) in [4.78, 5) is 33.1.